The van der Waals surface area contributed by atoms with Gasteiger partial charge in [-0.1, -0.05) is 12.1 Å². The van der Waals surface area contributed by atoms with Crippen LogP contribution < -0.4 is 11.1 Å². The monoisotopic (exact) mass is 308 g/mol. The van der Waals surface area contributed by atoms with Gasteiger partial charge in [-0.15, -0.1) is 0 Å². The van der Waals surface area contributed by atoms with Crippen molar-refractivity contribution in [3.8, 4) is 0 Å². The fourth-order valence-electron chi connectivity index (χ4n) is 1.83. The maximum absolute atomic E-state index is 11.9. The number of aryl methyl sites for hydroxylation is 1. The maximum Gasteiger partial charge on any atom is 0.408 e. The zero-order chi connectivity index (χ0) is 16.9. The summed E-state index contributed by atoms with van der Waals surface area (Å²) in [6.07, 6.45) is -0.598. The molecule has 0 spiro atoms. The van der Waals surface area contributed by atoms with Crippen molar-refractivity contribution >= 4 is 17.7 Å². The molecule has 1 amide bonds. The highest BCUT2D eigenvalue weighted by molar-refractivity contribution is 5.73. The molecule has 0 radical (unpaired) electrons. The molecule has 1 aromatic rings. The first-order valence-corrected chi connectivity index (χ1v) is 7.04. The third kappa shape index (κ3) is 5.63. The molecule has 1 unspecified atom stereocenters. The minimum absolute atomic E-state index is 0.00174. The molecular weight excluding hydrogens is 284 g/mol. The highest BCUT2D eigenvalue weighted by Crippen LogP contribution is 2.22. The molecular formula is C16H24N2O4. The van der Waals surface area contributed by atoms with Gasteiger partial charge in [0, 0.05) is 5.69 Å². The Morgan fingerprint density at radius 1 is 1.32 bits per heavy atom. The van der Waals surface area contributed by atoms with E-state index in [4.69, 9.17) is 10.5 Å². The summed E-state index contributed by atoms with van der Waals surface area (Å²) in [5, 5.41) is 2.68. The summed E-state index contributed by atoms with van der Waals surface area (Å²) in [6.45, 7) is 7.19. The van der Waals surface area contributed by atoms with Gasteiger partial charge < -0.3 is 20.5 Å². The van der Waals surface area contributed by atoms with Crippen LogP contribution in [0.25, 0.3) is 0 Å². The van der Waals surface area contributed by atoms with Gasteiger partial charge in [-0.2, -0.15) is 0 Å². The average molecular weight is 308 g/mol. The number of anilines is 1. The molecule has 0 aliphatic heterocycles. The minimum atomic E-state index is -0.619. The molecule has 0 aliphatic carbocycles. The average Bonchev–Trinajstić information content (AvgIpc) is 2.38. The summed E-state index contributed by atoms with van der Waals surface area (Å²) >= 11 is 0. The molecule has 122 valence electrons. The molecule has 0 bridgehead atoms. The van der Waals surface area contributed by atoms with Crippen LogP contribution >= 0.6 is 0 Å². The molecule has 22 heavy (non-hydrogen) atoms. The van der Waals surface area contributed by atoms with E-state index in [1.165, 1.54) is 7.11 Å². The van der Waals surface area contributed by atoms with Gasteiger partial charge in [0.05, 0.1) is 19.6 Å². The van der Waals surface area contributed by atoms with E-state index in [0.29, 0.717) is 5.69 Å². The van der Waals surface area contributed by atoms with Crippen molar-refractivity contribution in [2.75, 3.05) is 12.8 Å². The fourth-order valence-corrected chi connectivity index (χ4v) is 1.83. The Bertz CT molecular complexity index is 550. The van der Waals surface area contributed by atoms with Crippen molar-refractivity contribution in [2.45, 2.75) is 45.8 Å². The highest BCUT2D eigenvalue weighted by Gasteiger charge is 2.23. The Balaban J connectivity index is 2.95. The van der Waals surface area contributed by atoms with Crippen molar-refractivity contribution in [2.24, 2.45) is 0 Å². The zero-order valence-electron chi connectivity index (χ0n) is 13.7. The highest BCUT2D eigenvalue weighted by atomic mass is 16.6. The number of esters is 1. The van der Waals surface area contributed by atoms with E-state index in [1.807, 2.05) is 19.1 Å². The topological polar surface area (TPSA) is 90.6 Å². The first kappa shape index (κ1) is 17.8. The molecule has 0 heterocycles. The van der Waals surface area contributed by atoms with Crippen LogP contribution in [0.1, 0.15) is 44.4 Å². The maximum atomic E-state index is 11.9. The molecule has 6 heteroatoms. The Morgan fingerprint density at radius 3 is 2.45 bits per heavy atom. The fraction of sp³-hybridized carbons (Fsp3) is 0.500. The van der Waals surface area contributed by atoms with Crippen LogP contribution in [-0.2, 0) is 14.3 Å². The van der Waals surface area contributed by atoms with Crippen molar-refractivity contribution in [1.29, 1.82) is 0 Å². The Labute approximate surface area is 131 Å². The minimum Gasteiger partial charge on any atom is -0.469 e. The van der Waals surface area contributed by atoms with Crippen molar-refractivity contribution < 1.29 is 19.1 Å². The number of hydrogen-bond acceptors (Lipinski definition) is 5. The third-order valence-corrected chi connectivity index (χ3v) is 3.00. The van der Waals surface area contributed by atoms with Crippen LogP contribution in [-0.4, -0.2) is 24.8 Å². The molecule has 0 aliphatic rings. The largest absolute Gasteiger partial charge is 0.469 e. The summed E-state index contributed by atoms with van der Waals surface area (Å²) in [5.41, 5.74) is 7.52. The predicted octanol–water partition coefficient (Wildman–Crippen LogP) is 2.71. The molecule has 1 rings (SSSR count). The number of carbonyl (C=O) groups is 2. The Kier molecular flexibility index (Phi) is 5.79. The van der Waals surface area contributed by atoms with Crippen LogP contribution in [0.15, 0.2) is 18.2 Å². The lowest BCUT2D eigenvalue weighted by atomic mass is 10.0. The van der Waals surface area contributed by atoms with Gasteiger partial charge in [0.15, 0.2) is 0 Å². The number of amides is 1. The number of ether oxygens (including phenoxy) is 2. The standard InChI is InChI=1S/C16H24N2O4/c1-10-6-7-11(8-12(10)17)13(9-14(19)21-5)18-15(20)22-16(2,3)4/h6-8,13H,9,17H2,1-5H3,(H,18,20). The number of nitrogens with two attached hydrogens (primary N) is 1. The number of hydrogen-bond donors (Lipinski definition) is 2. The predicted molar refractivity (Wildman–Crippen MR) is 84.3 cm³/mol. The molecule has 6 nitrogen and oxygen atoms in total. The van der Waals surface area contributed by atoms with Crippen molar-refractivity contribution in [1.82, 2.24) is 5.32 Å². The van der Waals surface area contributed by atoms with E-state index in [2.05, 4.69) is 10.1 Å². The second kappa shape index (κ2) is 7.15. The molecule has 0 aromatic heterocycles. The van der Waals surface area contributed by atoms with Gasteiger partial charge in [0.2, 0.25) is 0 Å². The van der Waals surface area contributed by atoms with Crippen LogP contribution in [0, 0.1) is 6.92 Å². The lowest BCUT2D eigenvalue weighted by Crippen LogP contribution is -2.36. The van der Waals surface area contributed by atoms with Gasteiger partial charge in [-0.3, -0.25) is 4.79 Å². The SMILES string of the molecule is COC(=O)CC(NC(=O)OC(C)(C)C)c1ccc(C)c(N)c1. The first-order valence-electron chi connectivity index (χ1n) is 7.04. The molecule has 0 saturated heterocycles. The van der Waals surface area contributed by atoms with Gasteiger partial charge in [-0.05, 0) is 44.9 Å². The van der Waals surface area contributed by atoms with Crippen LogP contribution in [0.2, 0.25) is 0 Å². The van der Waals surface area contributed by atoms with E-state index in [9.17, 15) is 9.59 Å². The number of methoxy groups -OCH3 is 1. The normalized spacial score (nSPS) is 12.4. The third-order valence-electron chi connectivity index (χ3n) is 3.00. The number of nitrogens with one attached hydrogen (secondary N) is 1. The zero-order valence-corrected chi connectivity index (χ0v) is 13.7. The number of alkyl carbamates (subject to hydrolysis) is 1. The van der Waals surface area contributed by atoms with Gasteiger partial charge in [-0.25, -0.2) is 4.79 Å². The molecule has 1 atom stereocenters. The van der Waals surface area contributed by atoms with E-state index in [0.717, 1.165) is 11.1 Å². The summed E-state index contributed by atoms with van der Waals surface area (Å²) in [6, 6.07) is 4.83. The Hall–Kier alpha value is -2.24. The van der Waals surface area contributed by atoms with Crippen LogP contribution in [0.3, 0.4) is 0 Å². The summed E-state index contributed by atoms with van der Waals surface area (Å²) in [7, 11) is 1.30. The molecule has 0 fully saturated rings. The lowest BCUT2D eigenvalue weighted by Gasteiger charge is -2.23. The van der Waals surface area contributed by atoms with Crippen LogP contribution in [0.5, 0.6) is 0 Å². The van der Waals surface area contributed by atoms with E-state index in [-0.39, 0.29) is 6.42 Å². The van der Waals surface area contributed by atoms with Crippen molar-refractivity contribution in [3.05, 3.63) is 29.3 Å². The van der Waals surface area contributed by atoms with E-state index < -0.39 is 23.7 Å². The van der Waals surface area contributed by atoms with Crippen molar-refractivity contribution in [3.63, 3.8) is 0 Å². The summed E-state index contributed by atoms with van der Waals surface area (Å²) in [4.78, 5) is 23.5. The number of benzene rings is 1. The summed E-state index contributed by atoms with van der Waals surface area (Å²) < 4.78 is 9.90. The quantitative estimate of drug-likeness (QED) is 0.659. The second-order valence-corrected chi connectivity index (χ2v) is 6.10. The van der Waals surface area contributed by atoms with E-state index in [1.54, 1.807) is 26.8 Å². The molecule has 3 N–H and O–H groups in total. The lowest BCUT2D eigenvalue weighted by molar-refractivity contribution is -0.141. The number of rotatable bonds is 4. The second-order valence-electron chi connectivity index (χ2n) is 6.10. The van der Waals surface area contributed by atoms with Crippen LogP contribution in [0.4, 0.5) is 10.5 Å². The smallest absolute Gasteiger partial charge is 0.408 e. The molecule has 1 aromatic carbocycles. The molecule has 0 saturated carbocycles. The summed E-state index contributed by atoms with van der Waals surface area (Å²) in [5.74, 6) is -0.430. The van der Waals surface area contributed by atoms with Gasteiger partial charge in [0.1, 0.15) is 5.60 Å². The van der Waals surface area contributed by atoms with Gasteiger partial charge in [0.25, 0.3) is 0 Å². The van der Waals surface area contributed by atoms with Gasteiger partial charge >= 0.3 is 12.1 Å². The van der Waals surface area contributed by atoms with E-state index >= 15 is 0 Å². The number of nitrogen functional groups attached to an aromatic ring is 1. The Morgan fingerprint density at radius 2 is 1.95 bits per heavy atom. The number of carbonyl (C=O) groups excluding carboxylic acids is 2. The first-order chi connectivity index (χ1) is 10.1.